The SMILES string of the molecule is CCc1ccccc1-n1[nH]c(-c2ccccc2)c(C(=O)CN(CC)C(=O)c2cc(C(F)(F)F)cc(C(F)(F)F)c2)c1=O. The van der Waals surface area contributed by atoms with Crippen molar-refractivity contribution in [1.82, 2.24) is 14.7 Å². The van der Waals surface area contributed by atoms with E-state index in [4.69, 9.17) is 0 Å². The number of para-hydroxylation sites is 1. The number of hydrogen-bond acceptors (Lipinski definition) is 3. The first kappa shape index (κ1) is 30.4. The van der Waals surface area contributed by atoms with Gasteiger partial charge >= 0.3 is 12.4 Å². The molecule has 0 aliphatic heterocycles. The summed E-state index contributed by atoms with van der Waals surface area (Å²) in [5.41, 5.74) is -3.30. The molecule has 3 aromatic carbocycles. The molecule has 0 radical (unpaired) electrons. The van der Waals surface area contributed by atoms with Crippen molar-refractivity contribution in [3.63, 3.8) is 0 Å². The zero-order chi connectivity index (χ0) is 30.8. The van der Waals surface area contributed by atoms with Crippen LogP contribution in [0.25, 0.3) is 16.9 Å². The highest BCUT2D eigenvalue weighted by atomic mass is 19.4. The monoisotopic (exact) mass is 589 g/mol. The number of nitrogens with zero attached hydrogens (tertiary/aromatic N) is 2. The third kappa shape index (κ3) is 6.17. The van der Waals surface area contributed by atoms with Gasteiger partial charge < -0.3 is 4.90 Å². The van der Waals surface area contributed by atoms with Gasteiger partial charge in [0.15, 0.2) is 5.78 Å². The van der Waals surface area contributed by atoms with Crippen molar-refractivity contribution in [2.24, 2.45) is 0 Å². The van der Waals surface area contributed by atoms with Crippen LogP contribution in [0.5, 0.6) is 0 Å². The average molecular weight is 590 g/mol. The van der Waals surface area contributed by atoms with Crippen molar-refractivity contribution >= 4 is 11.7 Å². The van der Waals surface area contributed by atoms with E-state index in [1.54, 1.807) is 48.5 Å². The fraction of sp³-hybridized carbons (Fsp3) is 0.233. The van der Waals surface area contributed by atoms with Crippen molar-refractivity contribution in [3.05, 3.63) is 111 Å². The molecule has 0 saturated heterocycles. The van der Waals surface area contributed by atoms with Crippen LogP contribution in [0.4, 0.5) is 26.3 Å². The van der Waals surface area contributed by atoms with E-state index in [0.717, 1.165) is 10.5 Å². The van der Waals surface area contributed by atoms with Crippen LogP contribution in [-0.4, -0.2) is 39.5 Å². The quantitative estimate of drug-likeness (QED) is 0.182. The predicted molar refractivity (Wildman–Crippen MR) is 144 cm³/mol. The van der Waals surface area contributed by atoms with Crippen LogP contribution in [0.3, 0.4) is 0 Å². The number of amides is 1. The lowest BCUT2D eigenvalue weighted by molar-refractivity contribution is -0.143. The van der Waals surface area contributed by atoms with Gasteiger partial charge in [-0.2, -0.15) is 26.3 Å². The number of aromatic nitrogens is 2. The molecule has 0 saturated carbocycles. The van der Waals surface area contributed by atoms with Crippen LogP contribution < -0.4 is 5.56 Å². The van der Waals surface area contributed by atoms with E-state index in [-0.39, 0.29) is 23.9 Å². The molecule has 1 heterocycles. The van der Waals surface area contributed by atoms with Gasteiger partial charge in [-0.05, 0) is 43.2 Å². The summed E-state index contributed by atoms with van der Waals surface area (Å²) in [5.74, 6) is -2.07. The number of carbonyl (C=O) groups excluding carboxylic acids is 2. The number of alkyl halides is 6. The van der Waals surface area contributed by atoms with Crippen molar-refractivity contribution < 1.29 is 35.9 Å². The van der Waals surface area contributed by atoms with Gasteiger partial charge in [-0.15, -0.1) is 0 Å². The molecule has 0 fully saturated rings. The molecule has 1 aromatic heterocycles. The number of ketones is 1. The zero-order valence-electron chi connectivity index (χ0n) is 22.4. The van der Waals surface area contributed by atoms with Crippen LogP contribution in [0.2, 0.25) is 0 Å². The molecule has 1 N–H and O–H groups in total. The molecule has 0 bridgehead atoms. The number of rotatable bonds is 8. The molecular weight excluding hydrogens is 564 g/mol. The van der Waals surface area contributed by atoms with E-state index < -0.39 is 52.8 Å². The van der Waals surface area contributed by atoms with E-state index in [1.807, 2.05) is 13.0 Å². The van der Waals surface area contributed by atoms with Crippen LogP contribution in [0, 0.1) is 0 Å². The molecule has 4 aromatic rings. The Labute approximate surface area is 236 Å². The summed E-state index contributed by atoms with van der Waals surface area (Å²) in [7, 11) is 0. The third-order valence-corrected chi connectivity index (χ3v) is 6.68. The van der Waals surface area contributed by atoms with E-state index in [0.29, 0.717) is 29.8 Å². The Balaban J connectivity index is 1.78. The Hall–Kier alpha value is -4.61. The molecule has 6 nitrogen and oxygen atoms in total. The van der Waals surface area contributed by atoms with Gasteiger partial charge in [0, 0.05) is 17.7 Å². The summed E-state index contributed by atoms with van der Waals surface area (Å²) in [5, 5.41) is 2.97. The first-order valence-corrected chi connectivity index (χ1v) is 12.9. The topological polar surface area (TPSA) is 75.2 Å². The first-order chi connectivity index (χ1) is 19.8. The summed E-state index contributed by atoms with van der Waals surface area (Å²) in [6.45, 7) is 2.30. The van der Waals surface area contributed by atoms with Gasteiger partial charge in [0.05, 0.1) is 29.1 Å². The number of carbonyl (C=O) groups is 2. The van der Waals surface area contributed by atoms with Crippen molar-refractivity contribution in [3.8, 4) is 16.9 Å². The van der Waals surface area contributed by atoms with Crippen LogP contribution in [0.15, 0.2) is 77.6 Å². The van der Waals surface area contributed by atoms with Crippen molar-refractivity contribution in [1.29, 1.82) is 0 Å². The number of aryl methyl sites for hydroxylation is 1. The number of benzene rings is 3. The molecule has 0 unspecified atom stereocenters. The normalized spacial score (nSPS) is 11.9. The van der Waals surface area contributed by atoms with E-state index in [9.17, 15) is 40.7 Å². The zero-order valence-corrected chi connectivity index (χ0v) is 22.4. The largest absolute Gasteiger partial charge is 0.416 e. The highest BCUT2D eigenvalue weighted by Crippen LogP contribution is 2.36. The number of halogens is 6. The maximum atomic E-state index is 13.7. The Morgan fingerprint density at radius 1 is 0.833 bits per heavy atom. The highest BCUT2D eigenvalue weighted by Gasteiger charge is 2.38. The van der Waals surface area contributed by atoms with Crippen molar-refractivity contribution in [2.75, 3.05) is 13.1 Å². The second-order valence-electron chi connectivity index (χ2n) is 9.39. The van der Waals surface area contributed by atoms with Gasteiger partial charge in [0.1, 0.15) is 5.56 Å². The molecule has 1 amide bonds. The molecule has 220 valence electrons. The minimum atomic E-state index is -5.15. The molecule has 4 rings (SSSR count). The third-order valence-electron chi connectivity index (χ3n) is 6.68. The molecule has 0 atom stereocenters. The number of H-pyrrole nitrogens is 1. The van der Waals surface area contributed by atoms with Crippen LogP contribution in [-0.2, 0) is 18.8 Å². The van der Waals surface area contributed by atoms with E-state index in [2.05, 4.69) is 5.10 Å². The smallest absolute Gasteiger partial charge is 0.331 e. The van der Waals surface area contributed by atoms with Gasteiger partial charge in [-0.1, -0.05) is 55.5 Å². The summed E-state index contributed by atoms with van der Waals surface area (Å²) >= 11 is 0. The summed E-state index contributed by atoms with van der Waals surface area (Å²) in [4.78, 5) is 41.3. The van der Waals surface area contributed by atoms with Crippen LogP contribution in [0.1, 0.15) is 51.3 Å². The van der Waals surface area contributed by atoms with E-state index >= 15 is 0 Å². The van der Waals surface area contributed by atoms with E-state index in [1.165, 1.54) is 11.6 Å². The molecule has 0 spiro atoms. The van der Waals surface area contributed by atoms with Crippen molar-refractivity contribution in [2.45, 2.75) is 32.6 Å². The summed E-state index contributed by atoms with van der Waals surface area (Å²) in [6.07, 6.45) is -9.74. The molecule has 0 aliphatic rings. The number of likely N-dealkylation sites (N-methyl/N-ethyl adjacent to an activating group) is 1. The molecule has 42 heavy (non-hydrogen) atoms. The second kappa shape index (κ2) is 11.7. The standard InChI is InChI=1S/C30H25F6N3O3/c1-3-18-10-8-9-13-23(18)39-28(42)25(26(37-39)19-11-6-5-7-12-19)24(40)17-38(4-2)27(41)20-14-21(29(31,32)33)16-22(15-20)30(34,35)36/h5-16,37H,3-4,17H2,1-2H3. The van der Waals surface area contributed by atoms with Gasteiger partial charge in [-0.3, -0.25) is 19.5 Å². The molecule has 12 heteroatoms. The number of Topliss-reactive ketones (excluding diaryl/α,β-unsaturated/α-hetero) is 1. The lowest BCUT2D eigenvalue weighted by Crippen LogP contribution is -2.37. The first-order valence-electron chi connectivity index (χ1n) is 12.9. The number of aromatic amines is 1. The maximum Gasteiger partial charge on any atom is 0.416 e. The number of nitrogens with one attached hydrogen (secondary N) is 1. The summed E-state index contributed by atoms with van der Waals surface area (Å²) < 4.78 is 81.4. The lowest BCUT2D eigenvalue weighted by atomic mass is 10.0. The van der Waals surface area contributed by atoms with Gasteiger partial charge in [-0.25, -0.2) is 4.68 Å². The minimum Gasteiger partial charge on any atom is -0.331 e. The number of hydrogen-bond donors (Lipinski definition) is 1. The predicted octanol–water partition coefficient (Wildman–Crippen LogP) is 6.78. The molecular formula is C30H25F6N3O3. The fourth-order valence-electron chi connectivity index (χ4n) is 4.55. The Morgan fingerprint density at radius 3 is 1.95 bits per heavy atom. The average Bonchev–Trinajstić information content (AvgIpc) is 3.31. The highest BCUT2D eigenvalue weighted by molar-refractivity contribution is 6.05. The maximum absolute atomic E-state index is 13.7. The summed E-state index contributed by atoms with van der Waals surface area (Å²) in [6, 6.07) is 16.0. The fourth-order valence-corrected chi connectivity index (χ4v) is 4.55. The Morgan fingerprint density at radius 2 is 1.40 bits per heavy atom. The molecule has 0 aliphatic carbocycles. The second-order valence-corrected chi connectivity index (χ2v) is 9.39. The Kier molecular flexibility index (Phi) is 8.46. The van der Waals surface area contributed by atoms with Crippen LogP contribution >= 0.6 is 0 Å². The van der Waals surface area contributed by atoms with Gasteiger partial charge in [0.25, 0.3) is 11.5 Å². The van der Waals surface area contributed by atoms with Gasteiger partial charge in [0.2, 0.25) is 0 Å². The Bertz CT molecular complexity index is 1640. The lowest BCUT2D eigenvalue weighted by Gasteiger charge is -2.21. The minimum absolute atomic E-state index is 0.0826.